The summed E-state index contributed by atoms with van der Waals surface area (Å²) in [6, 6.07) is 11.3. The number of rotatable bonds is 2. The normalized spacial score (nSPS) is 12.0. The molecule has 1 aromatic carbocycles. The molecule has 4 nitrogen and oxygen atoms in total. The Morgan fingerprint density at radius 1 is 1.25 bits per heavy atom. The largest absolute Gasteiger partial charge is 0.282 e. The third-order valence-corrected chi connectivity index (χ3v) is 4.02. The molecule has 0 atom stereocenters. The zero-order valence-electron chi connectivity index (χ0n) is 11.2. The summed E-state index contributed by atoms with van der Waals surface area (Å²) in [5.41, 5.74) is 1.38. The fraction of sp³-hybridized carbons (Fsp3) is 0.133. The highest BCUT2D eigenvalue weighted by Crippen LogP contribution is 2.11. The molecular formula is C15H13N3OS. The number of hydrogen-bond donors (Lipinski definition) is 0. The first-order valence-corrected chi connectivity index (χ1v) is 7.12. The van der Waals surface area contributed by atoms with E-state index < -0.39 is 0 Å². The molecule has 0 bridgehead atoms. The molecule has 3 rings (SSSR count). The molecule has 0 unspecified atom stereocenters. The van der Waals surface area contributed by atoms with Gasteiger partial charge in [-0.05, 0) is 37.4 Å². The Labute approximate surface area is 120 Å². The lowest BCUT2D eigenvalue weighted by molar-refractivity contribution is 0.766. The lowest BCUT2D eigenvalue weighted by Crippen LogP contribution is -2.21. The molecule has 2 aromatic heterocycles. The van der Waals surface area contributed by atoms with E-state index in [1.807, 2.05) is 42.6 Å². The molecule has 0 N–H and O–H groups in total. The van der Waals surface area contributed by atoms with E-state index in [2.05, 4.69) is 10.1 Å². The highest BCUT2D eigenvalue weighted by Gasteiger charge is 2.08. The number of thiophene rings is 1. The predicted molar refractivity (Wildman–Crippen MR) is 82.7 cm³/mol. The van der Waals surface area contributed by atoms with Gasteiger partial charge < -0.3 is 0 Å². The summed E-state index contributed by atoms with van der Waals surface area (Å²) in [5, 5.41) is 6.99. The van der Waals surface area contributed by atoms with E-state index in [4.69, 9.17) is 0 Å². The second kappa shape index (κ2) is 5.02. The van der Waals surface area contributed by atoms with Gasteiger partial charge in [-0.2, -0.15) is 9.78 Å². The molecule has 20 heavy (non-hydrogen) atoms. The van der Waals surface area contributed by atoms with Gasteiger partial charge in [0.25, 0.3) is 5.56 Å². The van der Waals surface area contributed by atoms with E-state index in [9.17, 15) is 4.79 Å². The van der Waals surface area contributed by atoms with Crippen molar-refractivity contribution in [2.24, 2.45) is 5.10 Å². The van der Waals surface area contributed by atoms with Crippen LogP contribution in [0.15, 0.2) is 51.7 Å². The topological polar surface area (TPSA) is 47.2 Å². The lowest BCUT2D eigenvalue weighted by atomic mass is 10.2. The van der Waals surface area contributed by atoms with Gasteiger partial charge in [-0.3, -0.25) is 4.79 Å². The molecule has 2 heterocycles. The molecule has 0 fully saturated rings. The Hall–Kier alpha value is -2.27. The fourth-order valence-corrected chi connectivity index (χ4v) is 2.71. The fourth-order valence-electron chi connectivity index (χ4n) is 2.04. The molecule has 0 saturated heterocycles. The van der Waals surface area contributed by atoms with Crippen LogP contribution in [0.25, 0.3) is 10.9 Å². The Morgan fingerprint density at radius 3 is 2.80 bits per heavy atom. The first-order chi connectivity index (χ1) is 9.66. The minimum absolute atomic E-state index is 0.135. The maximum Gasteiger partial charge on any atom is 0.282 e. The summed E-state index contributed by atoms with van der Waals surface area (Å²) < 4.78 is 1.37. The van der Waals surface area contributed by atoms with Gasteiger partial charge in [0.1, 0.15) is 5.82 Å². The van der Waals surface area contributed by atoms with Crippen LogP contribution >= 0.6 is 11.3 Å². The van der Waals surface area contributed by atoms with Crippen LogP contribution in [0.5, 0.6) is 0 Å². The SMILES string of the molecule is C/C(=N\n1c(C)nc2ccccc2c1=O)c1cccs1. The molecule has 0 amide bonds. The molecule has 0 aliphatic heterocycles. The van der Waals surface area contributed by atoms with Crippen molar-refractivity contribution in [3.8, 4) is 0 Å². The zero-order valence-corrected chi connectivity index (χ0v) is 12.0. The second-order valence-corrected chi connectivity index (χ2v) is 5.40. The summed E-state index contributed by atoms with van der Waals surface area (Å²) in [6.07, 6.45) is 0. The highest BCUT2D eigenvalue weighted by molar-refractivity contribution is 7.12. The quantitative estimate of drug-likeness (QED) is 0.679. The predicted octanol–water partition coefficient (Wildman–Crippen LogP) is 3.04. The number of aryl methyl sites for hydroxylation is 1. The van der Waals surface area contributed by atoms with Crippen LogP contribution in [0.4, 0.5) is 0 Å². The second-order valence-electron chi connectivity index (χ2n) is 4.46. The van der Waals surface area contributed by atoms with Crippen LogP contribution in [0.1, 0.15) is 17.6 Å². The molecule has 0 aliphatic rings. The monoisotopic (exact) mass is 283 g/mol. The van der Waals surface area contributed by atoms with E-state index in [0.29, 0.717) is 16.7 Å². The van der Waals surface area contributed by atoms with Crippen molar-refractivity contribution < 1.29 is 0 Å². The third-order valence-electron chi connectivity index (χ3n) is 3.04. The van der Waals surface area contributed by atoms with Crippen LogP contribution in [0.2, 0.25) is 0 Å². The average molecular weight is 283 g/mol. The molecule has 0 spiro atoms. The Morgan fingerprint density at radius 2 is 2.05 bits per heavy atom. The van der Waals surface area contributed by atoms with Crippen LogP contribution in [0.3, 0.4) is 0 Å². The van der Waals surface area contributed by atoms with Gasteiger partial charge in [-0.1, -0.05) is 18.2 Å². The van der Waals surface area contributed by atoms with E-state index in [-0.39, 0.29) is 5.56 Å². The van der Waals surface area contributed by atoms with Gasteiger partial charge in [0.2, 0.25) is 0 Å². The summed E-state index contributed by atoms with van der Waals surface area (Å²) in [6.45, 7) is 3.69. The van der Waals surface area contributed by atoms with Crippen molar-refractivity contribution in [1.29, 1.82) is 0 Å². The van der Waals surface area contributed by atoms with Gasteiger partial charge in [-0.15, -0.1) is 11.3 Å². The summed E-state index contributed by atoms with van der Waals surface area (Å²) in [4.78, 5) is 17.9. The van der Waals surface area contributed by atoms with E-state index in [1.165, 1.54) is 4.68 Å². The van der Waals surface area contributed by atoms with Crippen molar-refractivity contribution >= 4 is 28.0 Å². The van der Waals surface area contributed by atoms with Crippen LogP contribution in [-0.4, -0.2) is 15.4 Å². The first-order valence-electron chi connectivity index (χ1n) is 6.24. The molecule has 0 radical (unpaired) electrons. The van der Waals surface area contributed by atoms with Crippen LogP contribution in [-0.2, 0) is 0 Å². The number of fused-ring (bicyclic) bond motifs is 1. The number of aromatic nitrogens is 2. The van der Waals surface area contributed by atoms with E-state index in [0.717, 1.165) is 10.6 Å². The number of hydrogen-bond acceptors (Lipinski definition) is 4. The summed E-state index contributed by atoms with van der Waals surface area (Å²) >= 11 is 1.60. The maximum absolute atomic E-state index is 12.5. The smallest absolute Gasteiger partial charge is 0.267 e. The maximum atomic E-state index is 12.5. The van der Waals surface area contributed by atoms with Gasteiger partial charge in [0, 0.05) is 0 Å². The molecule has 5 heteroatoms. The van der Waals surface area contributed by atoms with E-state index >= 15 is 0 Å². The van der Waals surface area contributed by atoms with Crippen molar-refractivity contribution in [3.63, 3.8) is 0 Å². The third kappa shape index (κ3) is 2.16. The van der Waals surface area contributed by atoms with Gasteiger partial charge in [0.15, 0.2) is 0 Å². The molecular weight excluding hydrogens is 270 g/mol. The highest BCUT2D eigenvalue weighted by atomic mass is 32.1. The molecule has 0 saturated carbocycles. The molecule has 100 valence electrons. The van der Waals surface area contributed by atoms with Crippen molar-refractivity contribution in [2.45, 2.75) is 13.8 Å². The zero-order chi connectivity index (χ0) is 14.1. The van der Waals surface area contributed by atoms with Crippen molar-refractivity contribution in [3.05, 3.63) is 62.8 Å². The van der Waals surface area contributed by atoms with Crippen molar-refractivity contribution in [2.75, 3.05) is 0 Å². The Kier molecular flexibility index (Phi) is 3.20. The number of nitrogens with zero attached hydrogens (tertiary/aromatic N) is 3. The molecule has 3 aromatic rings. The lowest BCUT2D eigenvalue weighted by Gasteiger charge is -2.06. The van der Waals surface area contributed by atoms with Gasteiger partial charge in [0.05, 0.1) is 21.5 Å². The number of benzene rings is 1. The first kappa shape index (κ1) is 12.7. The van der Waals surface area contributed by atoms with Crippen molar-refractivity contribution in [1.82, 2.24) is 9.66 Å². The van der Waals surface area contributed by atoms with Crippen LogP contribution < -0.4 is 5.56 Å². The van der Waals surface area contributed by atoms with E-state index in [1.54, 1.807) is 24.3 Å². The summed E-state index contributed by atoms with van der Waals surface area (Å²) in [5.74, 6) is 0.588. The van der Waals surface area contributed by atoms with Gasteiger partial charge >= 0.3 is 0 Å². The van der Waals surface area contributed by atoms with Gasteiger partial charge in [-0.25, -0.2) is 4.98 Å². The van der Waals surface area contributed by atoms with Crippen LogP contribution in [0, 0.1) is 6.92 Å². The average Bonchev–Trinajstić information content (AvgIpc) is 2.97. The minimum Gasteiger partial charge on any atom is -0.267 e. The Balaban J connectivity index is 2.22. The summed E-state index contributed by atoms with van der Waals surface area (Å²) in [7, 11) is 0. The minimum atomic E-state index is -0.135. The molecule has 0 aliphatic carbocycles. The Bertz CT molecular complexity index is 847. The standard InChI is InChI=1S/C15H13N3OS/c1-10(14-8-5-9-20-14)17-18-11(2)16-13-7-4-3-6-12(13)15(18)19/h3-9H,1-2H3/b17-10+. The number of para-hydroxylation sites is 1.